The Morgan fingerprint density at radius 3 is 1.48 bits per heavy atom. The van der Waals surface area contributed by atoms with Crippen LogP contribution in [-0.4, -0.2) is 17.2 Å². The minimum atomic E-state index is -2.68. The summed E-state index contributed by atoms with van der Waals surface area (Å²) < 4.78 is 11.2. The summed E-state index contributed by atoms with van der Waals surface area (Å²) >= 11 is 0. The maximum absolute atomic E-state index is 6.32. The second-order valence-electron chi connectivity index (χ2n) is 16.8. The van der Waals surface area contributed by atoms with Crippen molar-refractivity contribution in [3.05, 3.63) is 243 Å². The molecule has 3 aromatic heterocycles. The van der Waals surface area contributed by atoms with Crippen LogP contribution in [-0.2, 0) is 0 Å². The van der Waals surface area contributed by atoms with Crippen LogP contribution >= 0.6 is 0 Å². The smallest absolute Gasteiger partial charge is 0.179 e. The third-order valence-electron chi connectivity index (χ3n) is 13.5. The molecule has 64 heavy (non-hydrogen) atoms. The van der Waals surface area contributed by atoms with Crippen LogP contribution in [0, 0.1) is 0 Å². The molecule has 10 aromatic carbocycles. The predicted molar refractivity (Wildman–Crippen MR) is 271 cm³/mol. The lowest BCUT2D eigenvalue weighted by Gasteiger charge is -2.34. The molecule has 0 atom stereocenters. The van der Waals surface area contributed by atoms with Gasteiger partial charge in [0, 0.05) is 38.0 Å². The molecule has 3 nitrogen and oxygen atoms in total. The first-order valence-corrected chi connectivity index (χ1v) is 24.0. The van der Waals surface area contributed by atoms with Gasteiger partial charge in [-0.15, -0.1) is 0 Å². The van der Waals surface area contributed by atoms with Crippen molar-refractivity contribution in [1.29, 1.82) is 0 Å². The van der Waals surface area contributed by atoms with Gasteiger partial charge in [-0.2, -0.15) is 0 Å². The Kier molecular flexibility index (Phi) is 8.23. The highest BCUT2D eigenvalue weighted by Crippen LogP contribution is 2.41. The molecule has 3 heterocycles. The first kappa shape index (κ1) is 36.5. The van der Waals surface area contributed by atoms with Gasteiger partial charge in [-0.25, -0.2) is 0 Å². The van der Waals surface area contributed by atoms with Gasteiger partial charge in [0.1, 0.15) is 11.2 Å². The van der Waals surface area contributed by atoms with Gasteiger partial charge in [0.15, 0.2) is 8.07 Å². The SMILES string of the molecule is c1ccc([Si](c2ccccc2)(c2ccccc2)c2ccc(-n3c4ccccc4c4c(-n5c6ccccc6c6cc(-c7ccc8c(c7)oc7ccccc78)ccc65)cccc43)cc2)cc1. The molecule has 0 saturated carbocycles. The van der Waals surface area contributed by atoms with E-state index in [-0.39, 0.29) is 0 Å². The van der Waals surface area contributed by atoms with Gasteiger partial charge >= 0.3 is 0 Å². The first-order valence-electron chi connectivity index (χ1n) is 22.0. The molecule has 0 aliphatic rings. The molecule has 0 aliphatic heterocycles. The van der Waals surface area contributed by atoms with E-state index >= 15 is 0 Å². The van der Waals surface area contributed by atoms with E-state index in [0.717, 1.165) is 44.4 Å². The zero-order valence-corrected chi connectivity index (χ0v) is 35.9. The zero-order valence-electron chi connectivity index (χ0n) is 34.9. The summed E-state index contributed by atoms with van der Waals surface area (Å²) in [6.45, 7) is 0. The number of furan rings is 1. The van der Waals surface area contributed by atoms with Gasteiger partial charge in [-0.3, -0.25) is 0 Å². The van der Waals surface area contributed by atoms with E-state index in [1.54, 1.807) is 0 Å². The monoisotopic (exact) mass is 832 g/mol. The molecule has 0 unspecified atom stereocenters. The fourth-order valence-corrected chi connectivity index (χ4v) is 15.5. The van der Waals surface area contributed by atoms with E-state index in [0.29, 0.717) is 0 Å². The van der Waals surface area contributed by atoms with Gasteiger partial charge in [-0.1, -0.05) is 176 Å². The average Bonchev–Trinajstić information content (AvgIpc) is 4.03. The molecule has 0 radical (unpaired) electrons. The fraction of sp³-hybridized carbons (Fsp3) is 0. The Morgan fingerprint density at radius 1 is 0.297 bits per heavy atom. The largest absolute Gasteiger partial charge is 0.456 e. The van der Waals surface area contributed by atoms with Gasteiger partial charge < -0.3 is 13.6 Å². The summed E-state index contributed by atoms with van der Waals surface area (Å²) in [5.41, 5.74) is 11.1. The summed E-state index contributed by atoms with van der Waals surface area (Å²) in [6.07, 6.45) is 0. The van der Waals surface area contributed by atoms with Crippen molar-refractivity contribution in [3.63, 3.8) is 0 Å². The lowest BCUT2D eigenvalue weighted by molar-refractivity contribution is 0.669. The molecular weight excluding hydrogens is 793 g/mol. The average molecular weight is 833 g/mol. The molecule has 0 bridgehead atoms. The van der Waals surface area contributed by atoms with Crippen LogP contribution in [0.5, 0.6) is 0 Å². The zero-order chi connectivity index (χ0) is 42.2. The number of nitrogens with zero attached hydrogens (tertiary/aromatic N) is 2. The number of rotatable bonds is 7. The summed E-state index contributed by atoms with van der Waals surface area (Å²) in [5.74, 6) is 0. The summed E-state index contributed by atoms with van der Waals surface area (Å²) in [4.78, 5) is 0. The second kappa shape index (κ2) is 14.5. The molecule has 13 aromatic rings. The van der Waals surface area contributed by atoms with Crippen molar-refractivity contribution in [2.45, 2.75) is 0 Å². The third kappa shape index (κ3) is 5.39. The van der Waals surface area contributed by atoms with Crippen LogP contribution in [0.1, 0.15) is 0 Å². The predicted octanol–water partition coefficient (Wildman–Crippen LogP) is 12.8. The molecule has 4 heteroatoms. The summed E-state index contributed by atoms with van der Waals surface area (Å²) in [5, 5.41) is 12.6. The quantitative estimate of drug-likeness (QED) is 0.116. The maximum atomic E-state index is 6.32. The van der Waals surface area contributed by atoms with Gasteiger partial charge in [0.05, 0.1) is 27.8 Å². The van der Waals surface area contributed by atoms with Gasteiger partial charge in [-0.05, 0) is 98.6 Å². The Balaban J connectivity index is 0.989. The maximum Gasteiger partial charge on any atom is 0.179 e. The first-order chi connectivity index (χ1) is 31.8. The number of para-hydroxylation sites is 3. The van der Waals surface area contributed by atoms with Crippen LogP contribution in [0.3, 0.4) is 0 Å². The lowest BCUT2D eigenvalue weighted by atomic mass is 10.0. The summed E-state index contributed by atoms with van der Waals surface area (Å²) in [6, 6.07) is 89.2. The molecule has 0 aliphatic carbocycles. The van der Waals surface area contributed by atoms with Crippen molar-refractivity contribution in [3.8, 4) is 22.5 Å². The highest BCUT2D eigenvalue weighted by molar-refractivity contribution is 7.19. The third-order valence-corrected chi connectivity index (χ3v) is 18.3. The Bertz CT molecular complexity index is 3790. The number of hydrogen-bond acceptors (Lipinski definition) is 1. The molecule has 0 saturated heterocycles. The number of fused-ring (bicyclic) bond motifs is 9. The van der Waals surface area contributed by atoms with E-state index in [9.17, 15) is 0 Å². The Hall–Kier alpha value is -8.18. The fourth-order valence-electron chi connectivity index (χ4n) is 10.7. The van der Waals surface area contributed by atoms with Crippen LogP contribution in [0.25, 0.3) is 88.1 Å². The number of aromatic nitrogens is 2. The normalized spacial score (nSPS) is 12.1. The Labute approximate surface area is 371 Å². The molecule has 0 fully saturated rings. The van der Waals surface area contributed by atoms with E-state index in [4.69, 9.17) is 4.42 Å². The lowest BCUT2D eigenvalue weighted by Crippen LogP contribution is -2.74. The van der Waals surface area contributed by atoms with Crippen LogP contribution in [0.2, 0.25) is 0 Å². The van der Waals surface area contributed by atoms with Gasteiger partial charge in [0.25, 0.3) is 0 Å². The van der Waals surface area contributed by atoms with Crippen LogP contribution < -0.4 is 20.7 Å². The van der Waals surface area contributed by atoms with Crippen molar-refractivity contribution in [2.24, 2.45) is 0 Å². The van der Waals surface area contributed by atoms with E-state index in [2.05, 4.69) is 240 Å². The minimum absolute atomic E-state index is 0.906. The van der Waals surface area contributed by atoms with E-state index < -0.39 is 8.07 Å². The molecule has 0 N–H and O–H groups in total. The van der Waals surface area contributed by atoms with Crippen molar-refractivity contribution < 1.29 is 4.42 Å². The van der Waals surface area contributed by atoms with Gasteiger partial charge in [0.2, 0.25) is 0 Å². The molecule has 13 rings (SSSR count). The topological polar surface area (TPSA) is 23.0 Å². The minimum Gasteiger partial charge on any atom is -0.456 e. The van der Waals surface area contributed by atoms with Crippen LogP contribution in [0.15, 0.2) is 247 Å². The van der Waals surface area contributed by atoms with E-state index in [1.807, 2.05) is 12.1 Å². The number of benzene rings is 10. The molecule has 0 spiro atoms. The molecule has 300 valence electrons. The molecular formula is C60H40N2OSi. The highest BCUT2D eigenvalue weighted by atomic mass is 28.3. The van der Waals surface area contributed by atoms with Crippen molar-refractivity contribution in [2.75, 3.05) is 0 Å². The standard InChI is InChI=1S/C60H40N2OSi/c1-4-17-44(18-5-1)64(45-19-6-2-7-20-45,46-21-8-3-9-22-46)47-35-33-43(34-36-47)61-54-27-14-11-25-51(54)60-56(61)28-16-29-57(60)62-53-26-13-10-23-48(53)52-39-41(32-38-55(52)62)42-31-37-50-49-24-12-15-30-58(49)63-59(50)40-42/h1-40H. The van der Waals surface area contributed by atoms with E-state index in [1.165, 1.54) is 64.4 Å². The van der Waals surface area contributed by atoms with Crippen molar-refractivity contribution >= 4 is 94.4 Å². The van der Waals surface area contributed by atoms with Crippen molar-refractivity contribution in [1.82, 2.24) is 9.13 Å². The Morgan fingerprint density at radius 2 is 0.797 bits per heavy atom. The second-order valence-corrected chi connectivity index (χ2v) is 20.6. The number of hydrogen-bond donors (Lipinski definition) is 0. The summed E-state index contributed by atoms with van der Waals surface area (Å²) in [7, 11) is -2.68. The van der Waals surface area contributed by atoms with Crippen LogP contribution in [0.4, 0.5) is 0 Å². The molecule has 0 amide bonds. The highest BCUT2D eigenvalue weighted by Gasteiger charge is 2.41.